The molecule has 2 aromatic rings. The molecule has 1 fully saturated rings. The first kappa shape index (κ1) is 14.8. The van der Waals surface area contributed by atoms with E-state index in [4.69, 9.17) is 0 Å². The van der Waals surface area contributed by atoms with E-state index in [1.807, 2.05) is 25.3 Å². The Morgan fingerprint density at radius 1 is 1.09 bits per heavy atom. The Morgan fingerprint density at radius 3 is 2.55 bits per heavy atom. The van der Waals surface area contributed by atoms with E-state index in [2.05, 4.69) is 44.8 Å². The molecule has 0 radical (unpaired) electrons. The van der Waals surface area contributed by atoms with E-state index in [1.165, 1.54) is 5.56 Å². The molecule has 116 valence electrons. The fraction of sp³-hybridized carbons (Fsp3) is 0.471. The van der Waals surface area contributed by atoms with E-state index < -0.39 is 0 Å². The van der Waals surface area contributed by atoms with Gasteiger partial charge in [-0.15, -0.1) is 0 Å². The van der Waals surface area contributed by atoms with Crippen molar-refractivity contribution in [1.29, 1.82) is 0 Å². The molecule has 0 atom stereocenters. The average Bonchev–Trinajstić information content (AvgIpc) is 2.58. The summed E-state index contributed by atoms with van der Waals surface area (Å²) in [4.78, 5) is 17.9. The number of hydrogen-bond acceptors (Lipinski definition) is 5. The lowest BCUT2D eigenvalue weighted by atomic mass is 10.0. The molecule has 0 bridgehead atoms. The first-order chi connectivity index (χ1) is 10.7. The summed E-state index contributed by atoms with van der Waals surface area (Å²) in [5.41, 5.74) is 2.26. The normalized spacial score (nSPS) is 15.9. The zero-order chi connectivity index (χ0) is 15.5. The van der Waals surface area contributed by atoms with E-state index in [-0.39, 0.29) is 0 Å². The maximum absolute atomic E-state index is 4.48. The highest BCUT2D eigenvalue weighted by atomic mass is 15.2. The van der Waals surface area contributed by atoms with Gasteiger partial charge in [-0.25, -0.2) is 15.0 Å². The minimum Gasteiger partial charge on any atom is -0.357 e. The van der Waals surface area contributed by atoms with Crippen LogP contribution in [0.15, 0.2) is 30.7 Å². The molecule has 0 N–H and O–H groups in total. The standard InChI is InChI=1S/C17H23N5/c1-13-14(2)19-12-20-17(13)22-10-7-15(8-11-22)21(3)16-6-4-5-9-18-16/h4-6,9,12,15H,7-8,10-11H2,1-3H3. The molecule has 0 aromatic carbocycles. The van der Waals surface area contributed by atoms with Crippen LogP contribution in [0.3, 0.4) is 0 Å². The molecule has 5 nitrogen and oxygen atoms in total. The third-order valence-corrected chi connectivity index (χ3v) is 4.63. The van der Waals surface area contributed by atoms with Crippen molar-refractivity contribution in [2.75, 3.05) is 29.9 Å². The molecule has 2 aromatic heterocycles. The van der Waals surface area contributed by atoms with Crippen LogP contribution in [0.4, 0.5) is 11.6 Å². The predicted molar refractivity (Wildman–Crippen MR) is 89.4 cm³/mol. The van der Waals surface area contributed by atoms with Gasteiger partial charge in [0.05, 0.1) is 0 Å². The first-order valence-corrected chi connectivity index (χ1v) is 7.84. The molecule has 0 spiro atoms. The smallest absolute Gasteiger partial charge is 0.135 e. The van der Waals surface area contributed by atoms with Crippen molar-refractivity contribution in [1.82, 2.24) is 15.0 Å². The Bertz CT molecular complexity index is 620. The molecule has 1 aliphatic rings. The summed E-state index contributed by atoms with van der Waals surface area (Å²) in [6.07, 6.45) is 5.77. The summed E-state index contributed by atoms with van der Waals surface area (Å²) in [5.74, 6) is 2.14. The summed E-state index contributed by atoms with van der Waals surface area (Å²) in [6, 6.07) is 6.61. The SMILES string of the molecule is Cc1ncnc(N2CCC(N(C)c3ccccn3)CC2)c1C. The molecule has 3 heterocycles. The van der Waals surface area contributed by atoms with Gasteiger partial charge in [-0.3, -0.25) is 0 Å². The van der Waals surface area contributed by atoms with Crippen LogP contribution < -0.4 is 9.80 Å². The molecule has 0 saturated carbocycles. The van der Waals surface area contributed by atoms with Crippen LogP contribution in [-0.2, 0) is 0 Å². The maximum Gasteiger partial charge on any atom is 0.135 e. The van der Waals surface area contributed by atoms with Crippen LogP contribution in [0.2, 0.25) is 0 Å². The zero-order valence-electron chi connectivity index (χ0n) is 13.5. The second kappa shape index (κ2) is 6.30. The van der Waals surface area contributed by atoms with Crippen molar-refractivity contribution in [3.8, 4) is 0 Å². The van der Waals surface area contributed by atoms with Crippen molar-refractivity contribution in [3.63, 3.8) is 0 Å². The zero-order valence-corrected chi connectivity index (χ0v) is 13.5. The summed E-state index contributed by atoms with van der Waals surface area (Å²) >= 11 is 0. The van der Waals surface area contributed by atoms with Crippen molar-refractivity contribution in [2.45, 2.75) is 32.7 Å². The molecule has 1 saturated heterocycles. The van der Waals surface area contributed by atoms with Gasteiger partial charge in [0.2, 0.25) is 0 Å². The van der Waals surface area contributed by atoms with Crippen LogP contribution in [0.25, 0.3) is 0 Å². The number of pyridine rings is 1. The van der Waals surface area contributed by atoms with Crippen molar-refractivity contribution in [3.05, 3.63) is 42.0 Å². The molecular weight excluding hydrogens is 274 g/mol. The predicted octanol–water partition coefficient (Wildman–Crippen LogP) is 2.59. The Kier molecular flexibility index (Phi) is 4.22. The second-order valence-electron chi connectivity index (χ2n) is 5.92. The van der Waals surface area contributed by atoms with E-state index in [9.17, 15) is 0 Å². The highest BCUT2D eigenvalue weighted by Gasteiger charge is 2.24. The first-order valence-electron chi connectivity index (χ1n) is 7.84. The number of aromatic nitrogens is 3. The largest absolute Gasteiger partial charge is 0.357 e. The van der Waals surface area contributed by atoms with Crippen LogP contribution in [0, 0.1) is 13.8 Å². The van der Waals surface area contributed by atoms with Gasteiger partial charge in [0, 0.05) is 43.6 Å². The van der Waals surface area contributed by atoms with Crippen molar-refractivity contribution >= 4 is 11.6 Å². The van der Waals surface area contributed by atoms with Gasteiger partial charge < -0.3 is 9.80 Å². The molecule has 5 heteroatoms. The highest BCUT2D eigenvalue weighted by molar-refractivity contribution is 5.48. The van der Waals surface area contributed by atoms with Gasteiger partial charge in [0.15, 0.2) is 0 Å². The van der Waals surface area contributed by atoms with Gasteiger partial charge in [-0.1, -0.05) is 6.07 Å². The van der Waals surface area contributed by atoms with E-state index in [1.54, 1.807) is 6.33 Å². The van der Waals surface area contributed by atoms with E-state index in [0.29, 0.717) is 6.04 Å². The fourth-order valence-corrected chi connectivity index (χ4v) is 3.06. The Labute approximate surface area is 132 Å². The molecule has 0 aliphatic carbocycles. The van der Waals surface area contributed by atoms with Crippen molar-refractivity contribution < 1.29 is 0 Å². The highest BCUT2D eigenvalue weighted by Crippen LogP contribution is 2.25. The number of hydrogen-bond donors (Lipinski definition) is 0. The topological polar surface area (TPSA) is 45.2 Å². The third kappa shape index (κ3) is 2.89. The minimum atomic E-state index is 0.536. The van der Waals surface area contributed by atoms with E-state index >= 15 is 0 Å². The minimum absolute atomic E-state index is 0.536. The summed E-state index contributed by atoms with van der Waals surface area (Å²) in [6.45, 7) is 6.21. The van der Waals surface area contributed by atoms with Crippen LogP contribution in [0.5, 0.6) is 0 Å². The molecule has 3 rings (SSSR count). The monoisotopic (exact) mass is 297 g/mol. The number of anilines is 2. The Morgan fingerprint density at radius 2 is 1.86 bits per heavy atom. The molecule has 1 aliphatic heterocycles. The fourth-order valence-electron chi connectivity index (χ4n) is 3.06. The quantitative estimate of drug-likeness (QED) is 0.871. The molecule has 0 unspecified atom stereocenters. The lowest BCUT2D eigenvalue weighted by molar-refractivity contribution is 0.477. The second-order valence-corrected chi connectivity index (χ2v) is 5.92. The lowest BCUT2D eigenvalue weighted by Crippen LogP contribution is -2.44. The molecular formula is C17H23N5. The van der Waals surface area contributed by atoms with Crippen LogP contribution in [-0.4, -0.2) is 41.1 Å². The number of aryl methyl sites for hydroxylation is 1. The number of rotatable bonds is 3. The lowest BCUT2D eigenvalue weighted by Gasteiger charge is -2.38. The van der Waals surface area contributed by atoms with Gasteiger partial charge in [-0.2, -0.15) is 0 Å². The number of piperidine rings is 1. The van der Waals surface area contributed by atoms with Crippen molar-refractivity contribution in [2.24, 2.45) is 0 Å². The van der Waals surface area contributed by atoms with E-state index in [0.717, 1.165) is 43.3 Å². The summed E-state index contributed by atoms with van der Waals surface area (Å²) in [7, 11) is 2.14. The van der Waals surface area contributed by atoms with Crippen LogP contribution >= 0.6 is 0 Å². The van der Waals surface area contributed by atoms with Crippen LogP contribution in [0.1, 0.15) is 24.1 Å². The Hall–Kier alpha value is -2.17. The summed E-state index contributed by atoms with van der Waals surface area (Å²) in [5, 5.41) is 0. The maximum atomic E-state index is 4.48. The summed E-state index contributed by atoms with van der Waals surface area (Å²) < 4.78 is 0. The van der Waals surface area contributed by atoms with Gasteiger partial charge in [-0.05, 0) is 38.8 Å². The average molecular weight is 297 g/mol. The third-order valence-electron chi connectivity index (χ3n) is 4.63. The Balaban J connectivity index is 1.66. The molecule has 22 heavy (non-hydrogen) atoms. The molecule has 0 amide bonds. The van der Waals surface area contributed by atoms with Gasteiger partial charge in [0.1, 0.15) is 18.0 Å². The van der Waals surface area contributed by atoms with Gasteiger partial charge >= 0.3 is 0 Å². The van der Waals surface area contributed by atoms with Gasteiger partial charge in [0.25, 0.3) is 0 Å². The number of nitrogens with zero attached hydrogens (tertiary/aromatic N) is 5.